The van der Waals surface area contributed by atoms with Crippen molar-refractivity contribution in [3.63, 3.8) is 0 Å². The van der Waals surface area contributed by atoms with Gasteiger partial charge in [0.25, 0.3) is 0 Å². The summed E-state index contributed by atoms with van der Waals surface area (Å²) in [5, 5.41) is 16.6. The first-order valence-corrected chi connectivity index (χ1v) is 21.7. The third-order valence-corrected chi connectivity index (χ3v) is 11.3. The molecule has 4 rings (SSSR count). The van der Waals surface area contributed by atoms with Crippen LogP contribution in [0.3, 0.4) is 0 Å². The maximum atomic E-state index is 14.6. The zero-order chi connectivity index (χ0) is 45.8. The van der Waals surface area contributed by atoms with Crippen molar-refractivity contribution in [2.24, 2.45) is 23.7 Å². The van der Waals surface area contributed by atoms with E-state index in [9.17, 15) is 38.4 Å². The van der Waals surface area contributed by atoms with Crippen LogP contribution in [-0.2, 0) is 55.9 Å². The molecule has 0 spiro atoms. The van der Waals surface area contributed by atoms with Gasteiger partial charge in [0.15, 0.2) is 0 Å². The number of esters is 1. The Morgan fingerprint density at radius 1 is 0.694 bits per heavy atom. The van der Waals surface area contributed by atoms with Gasteiger partial charge in [0.05, 0.1) is 6.42 Å². The molecule has 16 nitrogen and oxygen atoms in total. The molecule has 6 N–H and O–H groups in total. The molecule has 2 fully saturated rings. The number of rotatable bonds is 11. The van der Waals surface area contributed by atoms with E-state index < -0.39 is 119 Å². The maximum absolute atomic E-state index is 14.6. The summed E-state index contributed by atoms with van der Waals surface area (Å²) in [6, 6.07) is 9.49. The molecule has 2 aliphatic rings. The van der Waals surface area contributed by atoms with E-state index in [1.165, 1.54) is 11.8 Å². The molecular formula is C46H65N7O9. The van der Waals surface area contributed by atoms with Gasteiger partial charge in [-0.1, -0.05) is 116 Å². The summed E-state index contributed by atoms with van der Waals surface area (Å²) < 4.78 is 5.90. The Balaban J connectivity index is 1.78. The number of nitrogens with one attached hydrogen (secondary N) is 6. The summed E-state index contributed by atoms with van der Waals surface area (Å²) >= 11 is 0. The Hall–Kier alpha value is -5.80. The van der Waals surface area contributed by atoms with Crippen LogP contribution in [0.1, 0.15) is 86.3 Å². The first kappa shape index (κ1) is 48.9. The van der Waals surface area contributed by atoms with Crippen LogP contribution in [0.5, 0.6) is 0 Å². The second-order valence-electron chi connectivity index (χ2n) is 17.7. The predicted octanol–water partition coefficient (Wildman–Crippen LogP) is 1.94. The number of hydrogen-bond donors (Lipinski definition) is 6. The van der Waals surface area contributed by atoms with E-state index in [-0.39, 0.29) is 19.4 Å². The molecule has 2 aromatic rings. The second-order valence-corrected chi connectivity index (χ2v) is 17.7. The van der Waals surface area contributed by atoms with E-state index in [2.05, 4.69) is 31.9 Å². The molecule has 0 bridgehead atoms. The van der Waals surface area contributed by atoms with Crippen molar-refractivity contribution in [3.05, 3.63) is 71.8 Å². The third-order valence-electron chi connectivity index (χ3n) is 11.3. The van der Waals surface area contributed by atoms with Crippen LogP contribution in [0.25, 0.3) is 0 Å². The molecule has 0 saturated carbocycles. The van der Waals surface area contributed by atoms with Gasteiger partial charge in [-0.2, -0.15) is 0 Å². The molecule has 0 radical (unpaired) electrons. The Bertz CT molecular complexity index is 1910. The number of amides is 7. The highest BCUT2D eigenvalue weighted by molar-refractivity contribution is 5.98. The molecule has 0 aliphatic carbocycles. The average molecular weight is 860 g/mol. The van der Waals surface area contributed by atoms with E-state index in [0.717, 1.165) is 5.56 Å². The van der Waals surface area contributed by atoms with Gasteiger partial charge in [0.2, 0.25) is 41.4 Å². The summed E-state index contributed by atoms with van der Waals surface area (Å²) in [7, 11) is 0. The zero-order valence-electron chi connectivity index (χ0n) is 37.4. The minimum atomic E-state index is -1.61. The van der Waals surface area contributed by atoms with Crippen molar-refractivity contribution in [1.29, 1.82) is 0 Å². The van der Waals surface area contributed by atoms with Crippen LogP contribution in [-0.4, -0.2) is 107 Å². The normalized spacial score (nSPS) is 25.1. The van der Waals surface area contributed by atoms with Crippen LogP contribution in [0.2, 0.25) is 0 Å². The fourth-order valence-corrected chi connectivity index (χ4v) is 7.62. The molecular weight excluding hydrogens is 795 g/mol. The SMILES string of the molecule is CC(C)C(NC(=O)Cc1ccccc1)C(=O)NC1C(=O)NC(Cc2ccccc2)C(=O)N2CCCC2C(=O)NC(C(C)C)C(=O)NC(C(C)C)C(=O)NC(C(C)C)C(=O)OC1C. The van der Waals surface area contributed by atoms with Crippen molar-refractivity contribution < 1.29 is 43.1 Å². The highest BCUT2D eigenvalue weighted by atomic mass is 16.5. The molecule has 2 saturated heterocycles. The summed E-state index contributed by atoms with van der Waals surface area (Å²) in [6.45, 7) is 15.4. The molecule has 0 aromatic heterocycles. The monoisotopic (exact) mass is 859 g/mol. The number of nitrogens with zero attached hydrogens (tertiary/aromatic N) is 1. The molecule has 338 valence electrons. The van der Waals surface area contributed by atoms with Gasteiger partial charge in [-0.3, -0.25) is 33.6 Å². The lowest BCUT2D eigenvalue weighted by Gasteiger charge is -2.32. The van der Waals surface area contributed by atoms with Gasteiger partial charge in [0, 0.05) is 13.0 Å². The molecule has 2 aliphatic heterocycles. The number of carbonyl (C=O) groups excluding carboxylic acids is 8. The Morgan fingerprint density at radius 2 is 1.21 bits per heavy atom. The molecule has 8 atom stereocenters. The number of cyclic esters (lactones) is 1. The van der Waals surface area contributed by atoms with Crippen LogP contribution >= 0.6 is 0 Å². The van der Waals surface area contributed by atoms with E-state index in [0.29, 0.717) is 18.4 Å². The number of ether oxygens (including phenoxy) is 1. The van der Waals surface area contributed by atoms with E-state index in [1.54, 1.807) is 110 Å². The Morgan fingerprint density at radius 3 is 1.74 bits per heavy atom. The predicted molar refractivity (Wildman–Crippen MR) is 232 cm³/mol. The topological polar surface area (TPSA) is 221 Å². The number of carbonyl (C=O) groups is 8. The minimum absolute atomic E-state index is 0.00412. The van der Waals surface area contributed by atoms with Crippen molar-refractivity contribution in [3.8, 4) is 0 Å². The standard InChI is InChI=1S/C46H65N7O9/c1-25(2)35(48-34(54)24-31-19-14-11-15-20-31)41(56)52-39-29(9)62-46(61)38(28(7)8)51-43(58)37(27(5)6)50-42(57)36(26(3)4)49-40(55)33-21-16-22-53(33)45(60)32(47-44(39)59)23-30-17-12-10-13-18-30/h10-15,17-20,25-29,32-33,35-39H,16,21-24H2,1-9H3,(H,47,59)(H,48,54)(H,49,55)(H,50,57)(H,51,58)(H,52,56). The quantitative estimate of drug-likeness (QED) is 0.182. The molecule has 2 heterocycles. The zero-order valence-corrected chi connectivity index (χ0v) is 37.4. The highest BCUT2D eigenvalue weighted by Gasteiger charge is 2.43. The average Bonchev–Trinajstić information content (AvgIpc) is 3.71. The Labute approximate surface area is 364 Å². The minimum Gasteiger partial charge on any atom is -0.458 e. The smallest absolute Gasteiger partial charge is 0.329 e. The maximum Gasteiger partial charge on any atom is 0.329 e. The summed E-state index contributed by atoms with van der Waals surface area (Å²) in [5.41, 5.74) is 1.42. The Kier molecular flexibility index (Phi) is 17.6. The van der Waals surface area contributed by atoms with Crippen molar-refractivity contribution >= 4 is 47.3 Å². The van der Waals surface area contributed by atoms with Crippen LogP contribution in [0.4, 0.5) is 0 Å². The van der Waals surface area contributed by atoms with Gasteiger partial charge in [-0.05, 0) is 54.6 Å². The third kappa shape index (κ3) is 13.1. The summed E-state index contributed by atoms with van der Waals surface area (Å²) in [6.07, 6.45) is -0.619. The van der Waals surface area contributed by atoms with Gasteiger partial charge >= 0.3 is 5.97 Å². The van der Waals surface area contributed by atoms with Crippen molar-refractivity contribution in [2.45, 2.75) is 136 Å². The fourth-order valence-electron chi connectivity index (χ4n) is 7.62. The van der Waals surface area contributed by atoms with Gasteiger partial charge in [0.1, 0.15) is 48.4 Å². The van der Waals surface area contributed by atoms with E-state index in [1.807, 2.05) is 6.07 Å². The van der Waals surface area contributed by atoms with Gasteiger partial charge < -0.3 is 41.5 Å². The van der Waals surface area contributed by atoms with Crippen LogP contribution in [0, 0.1) is 23.7 Å². The second kappa shape index (κ2) is 22.3. The highest BCUT2D eigenvalue weighted by Crippen LogP contribution is 2.22. The number of benzene rings is 2. The largest absolute Gasteiger partial charge is 0.458 e. The molecule has 16 heteroatoms. The fraction of sp³-hybridized carbons (Fsp3) is 0.565. The van der Waals surface area contributed by atoms with Crippen molar-refractivity contribution in [1.82, 2.24) is 36.8 Å². The van der Waals surface area contributed by atoms with Crippen LogP contribution in [0.15, 0.2) is 60.7 Å². The summed E-state index contributed by atoms with van der Waals surface area (Å²) in [5.74, 6) is -7.23. The molecule has 62 heavy (non-hydrogen) atoms. The summed E-state index contributed by atoms with van der Waals surface area (Å²) in [4.78, 5) is 114. The number of hydrogen-bond acceptors (Lipinski definition) is 9. The van der Waals surface area contributed by atoms with Gasteiger partial charge in [-0.25, -0.2) is 4.79 Å². The van der Waals surface area contributed by atoms with E-state index in [4.69, 9.17) is 4.74 Å². The lowest BCUT2D eigenvalue weighted by molar-refractivity contribution is -0.157. The number of fused-ring (bicyclic) bond motifs is 1. The van der Waals surface area contributed by atoms with Crippen LogP contribution < -0.4 is 31.9 Å². The molecule has 8 unspecified atom stereocenters. The van der Waals surface area contributed by atoms with Crippen molar-refractivity contribution in [2.75, 3.05) is 6.54 Å². The molecule has 7 amide bonds. The first-order chi connectivity index (χ1) is 29.3. The van der Waals surface area contributed by atoms with E-state index >= 15 is 0 Å². The van der Waals surface area contributed by atoms with Gasteiger partial charge in [-0.15, -0.1) is 0 Å². The first-order valence-electron chi connectivity index (χ1n) is 21.7. The lowest BCUT2D eigenvalue weighted by atomic mass is 9.98. The lowest BCUT2D eigenvalue weighted by Crippen LogP contribution is -2.62. The molecule has 2 aromatic carbocycles.